The van der Waals surface area contributed by atoms with E-state index in [-0.39, 0.29) is 68.9 Å². The number of nitrogens with zero attached hydrogens (tertiary/aromatic N) is 2. The average molecular weight is 244 g/mol. The summed E-state index contributed by atoms with van der Waals surface area (Å²) in [5.74, 6) is 0. The molecule has 4 heteroatoms. The Morgan fingerprint density at radius 1 is 1.17 bits per heavy atom. The second-order valence-electron chi connectivity index (χ2n) is 0.220. The van der Waals surface area contributed by atoms with Crippen molar-refractivity contribution in [2.75, 3.05) is 0 Å². The molecule has 2 nitrogen and oxygen atoms in total. The van der Waals surface area contributed by atoms with Crippen molar-refractivity contribution < 1.29 is 14.4 Å². The molecule has 0 atom stereocenters. The van der Waals surface area contributed by atoms with Crippen molar-refractivity contribution in [1.29, 1.82) is 10.5 Å². The quantitative estimate of drug-likeness (QED) is 0.546. The molecule has 0 amide bonds. The fraction of sp³-hybridized carbons (Fsp3) is 0. The molecule has 0 aromatic rings. The van der Waals surface area contributed by atoms with Crippen molar-refractivity contribution in [3.8, 4) is 10.1 Å². The number of hydrogen-bond donors (Lipinski definition) is 0. The maximum absolute atomic E-state index is 7.57. The average Bonchev–Trinajstić information content (AvgIpc) is 1.41. The second kappa shape index (κ2) is 9.73. The predicted octanol–water partition coefficient (Wildman–Crippen LogP) is -0.350. The van der Waals surface area contributed by atoms with Crippen LogP contribution in [0, 0.1) is 20.6 Å². The summed E-state index contributed by atoms with van der Waals surface area (Å²) in [5.41, 5.74) is 0. The van der Waals surface area contributed by atoms with E-state index in [1.54, 1.807) is 10.1 Å². The third-order valence-electron chi connectivity index (χ3n) is 0.0707. The molecule has 0 rings (SSSR count). The standard InChI is InChI=1S/2CN.Cs.Ni/c2*1-2;;. The minimum Gasteiger partial charge on any atom is 0 e. The van der Waals surface area contributed by atoms with Crippen molar-refractivity contribution in [2.24, 2.45) is 0 Å². The van der Waals surface area contributed by atoms with Gasteiger partial charge < -0.3 is 0 Å². The second-order valence-corrected chi connectivity index (χ2v) is 0.909. The van der Waals surface area contributed by atoms with E-state index in [9.17, 15) is 0 Å². The van der Waals surface area contributed by atoms with Gasteiger partial charge in [0.25, 0.3) is 0 Å². The van der Waals surface area contributed by atoms with Gasteiger partial charge >= 0.3 is 35.0 Å². The Labute approximate surface area is 101 Å². The molecule has 0 aliphatic carbocycles. The largest absolute Gasteiger partial charge is 0 e. The van der Waals surface area contributed by atoms with Crippen LogP contribution in [0.4, 0.5) is 0 Å². The first-order valence-electron chi connectivity index (χ1n) is 0.763. The summed E-state index contributed by atoms with van der Waals surface area (Å²) in [6.07, 6.45) is 0. The first kappa shape index (κ1) is 10.5. The molecular weight excluding hydrogens is 244 g/mol. The minimum absolute atomic E-state index is 0. The molecule has 29 valence electrons. The SMILES string of the molecule is N#[C][Ni][C]#N.[Cs]. The van der Waals surface area contributed by atoms with E-state index in [1.165, 1.54) is 0 Å². The van der Waals surface area contributed by atoms with Gasteiger partial charge in [0.05, 0.1) is 0 Å². The van der Waals surface area contributed by atoms with Crippen molar-refractivity contribution in [3.63, 3.8) is 0 Å². The van der Waals surface area contributed by atoms with E-state index in [2.05, 4.69) is 0 Å². The van der Waals surface area contributed by atoms with Crippen LogP contribution < -0.4 is 0 Å². The molecular formula is C2CsN2Ni. The van der Waals surface area contributed by atoms with Crippen LogP contribution in [-0.2, 0) is 14.4 Å². The summed E-state index contributed by atoms with van der Waals surface area (Å²) in [6.45, 7) is 0. The zero-order valence-corrected chi connectivity index (χ0v) is 10.5. The maximum Gasteiger partial charge on any atom is 0 e. The van der Waals surface area contributed by atoms with Gasteiger partial charge in [-0.25, -0.2) is 0 Å². The van der Waals surface area contributed by atoms with Crippen molar-refractivity contribution in [1.82, 2.24) is 0 Å². The first-order chi connectivity index (χ1) is 2.41. The zero-order chi connectivity index (χ0) is 4.12. The third-order valence-corrected chi connectivity index (χ3v) is 0.292. The van der Waals surface area contributed by atoms with E-state index in [0.29, 0.717) is 14.4 Å². The van der Waals surface area contributed by atoms with Crippen LogP contribution in [0.5, 0.6) is 0 Å². The topological polar surface area (TPSA) is 47.6 Å². The van der Waals surface area contributed by atoms with Gasteiger partial charge in [-0.3, -0.25) is 0 Å². The van der Waals surface area contributed by atoms with Crippen LogP contribution in [0.1, 0.15) is 0 Å². The van der Waals surface area contributed by atoms with Gasteiger partial charge in [0.1, 0.15) is 0 Å². The molecule has 0 spiro atoms. The fourth-order valence-electron chi connectivity index (χ4n) is 0.0158. The van der Waals surface area contributed by atoms with Crippen LogP contribution in [0.25, 0.3) is 0 Å². The van der Waals surface area contributed by atoms with Gasteiger partial charge in [0.15, 0.2) is 0 Å². The van der Waals surface area contributed by atoms with Crippen molar-refractivity contribution >= 4 is 68.9 Å². The summed E-state index contributed by atoms with van der Waals surface area (Å²) in [4.78, 5) is 0. The summed E-state index contributed by atoms with van der Waals surface area (Å²) < 4.78 is 0. The fourth-order valence-corrected chi connectivity index (χ4v) is 0.0652. The minimum atomic E-state index is 0. The summed E-state index contributed by atoms with van der Waals surface area (Å²) in [5, 5.41) is 18.3. The molecule has 0 aliphatic rings. The van der Waals surface area contributed by atoms with E-state index in [0.717, 1.165) is 0 Å². The maximum atomic E-state index is 7.57. The molecule has 0 heterocycles. The Bertz CT molecular complexity index is 76.7. The molecule has 0 saturated carbocycles. The molecule has 0 aliphatic heterocycles. The monoisotopic (exact) mass is 243 g/mol. The number of hydrogen-bond acceptors (Lipinski definition) is 2. The van der Waals surface area contributed by atoms with Gasteiger partial charge in [-0.15, -0.1) is 0 Å². The van der Waals surface area contributed by atoms with Gasteiger partial charge in [0, 0.05) is 68.9 Å². The predicted molar refractivity (Wildman–Crippen MR) is 17.0 cm³/mol. The number of rotatable bonds is 0. The first-order valence-corrected chi connectivity index (χ1v) is 1.75. The van der Waals surface area contributed by atoms with Crippen molar-refractivity contribution in [2.45, 2.75) is 0 Å². The molecule has 0 unspecified atom stereocenters. The zero-order valence-electron chi connectivity index (χ0n) is 3.21. The van der Waals surface area contributed by atoms with Crippen LogP contribution in [0.15, 0.2) is 0 Å². The van der Waals surface area contributed by atoms with E-state index in [1.807, 2.05) is 0 Å². The molecule has 0 aromatic heterocycles. The molecule has 0 bridgehead atoms. The summed E-state index contributed by atoms with van der Waals surface area (Å²) in [6, 6.07) is 0. The Kier molecular flexibility index (Phi) is 17.0. The smallest absolute Gasteiger partial charge is 0 e. The van der Waals surface area contributed by atoms with E-state index < -0.39 is 0 Å². The molecule has 0 fully saturated rings. The van der Waals surface area contributed by atoms with Gasteiger partial charge in [-0.2, -0.15) is 0 Å². The van der Waals surface area contributed by atoms with E-state index >= 15 is 0 Å². The Hall–Kier alpha value is 1.53. The Morgan fingerprint density at radius 2 is 1.50 bits per heavy atom. The molecule has 6 heavy (non-hydrogen) atoms. The molecule has 0 saturated heterocycles. The van der Waals surface area contributed by atoms with Crippen molar-refractivity contribution in [3.05, 3.63) is 0 Å². The Morgan fingerprint density at radius 3 is 1.50 bits per heavy atom. The molecule has 0 N–H and O–H groups in total. The Balaban J connectivity index is 0. The van der Waals surface area contributed by atoms with Crippen LogP contribution in [0.2, 0.25) is 0 Å². The van der Waals surface area contributed by atoms with Crippen LogP contribution in [-0.4, -0.2) is 68.9 Å². The van der Waals surface area contributed by atoms with Crippen LogP contribution in [0.3, 0.4) is 0 Å². The third kappa shape index (κ3) is 9.10. The molecule has 0 aromatic carbocycles. The van der Waals surface area contributed by atoms with Gasteiger partial charge in [0.2, 0.25) is 0 Å². The molecule has 1 radical (unpaired) electrons. The normalized spacial score (nSPS) is 4.33. The summed E-state index contributed by atoms with van der Waals surface area (Å²) >= 11 is 0.431. The number of nitriles is 2. The van der Waals surface area contributed by atoms with Crippen LogP contribution >= 0.6 is 0 Å². The summed E-state index contributed by atoms with van der Waals surface area (Å²) in [7, 11) is 0. The van der Waals surface area contributed by atoms with Gasteiger partial charge in [-0.05, 0) is 0 Å². The van der Waals surface area contributed by atoms with E-state index in [4.69, 9.17) is 10.5 Å². The van der Waals surface area contributed by atoms with Gasteiger partial charge in [-0.1, -0.05) is 0 Å².